The minimum atomic E-state index is -5.06. The van der Waals surface area contributed by atoms with Gasteiger partial charge in [-0.1, -0.05) is 27.6 Å². The molecule has 2 saturated heterocycles. The maximum Gasteiger partial charge on any atom is 0.573 e. The van der Waals surface area contributed by atoms with Crippen molar-refractivity contribution in [1.82, 2.24) is 9.80 Å². The number of ether oxygens (including phenoxy) is 1. The highest BCUT2D eigenvalue weighted by atomic mass is 79.9. The zero-order valence-corrected chi connectivity index (χ0v) is 24.5. The molecule has 2 aliphatic heterocycles. The lowest BCUT2D eigenvalue weighted by Crippen LogP contribution is -2.60. The minimum Gasteiger partial charge on any atom is -0.508 e. The Morgan fingerprint density at radius 1 is 1.07 bits per heavy atom. The normalized spacial score (nSPS) is 34.1. The third kappa shape index (κ3) is 3.92. The topological polar surface area (TPSA) is 104 Å². The van der Waals surface area contributed by atoms with Crippen LogP contribution in [0.4, 0.5) is 13.2 Å². The molecule has 0 radical (unpaired) electrons. The molecule has 1 aromatic carbocycles. The molecule has 4 aliphatic rings. The number of likely N-dealkylation sites (tertiary alicyclic amines) is 2. The van der Waals surface area contributed by atoms with Crippen molar-refractivity contribution >= 4 is 62.8 Å². The van der Waals surface area contributed by atoms with Crippen molar-refractivity contribution in [2.24, 2.45) is 17.8 Å². The number of amides is 4. The molecule has 0 bridgehead atoms. The lowest BCUT2D eigenvalue weighted by molar-refractivity contribution is -0.274. The van der Waals surface area contributed by atoms with Gasteiger partial charge in [0.2, 0.25) is 11.8 Å². The molecule has 6 atom stereocenters. The Morgan fingerprint density at radius 2 is 1.73 bits per heavy atom. The maximum atomic E-state index is 13.8. The van der Waals surface area contributed by atoms with E-state index in [4.69, 9.17) is 23.2 Å². The number of phenolic OH excluding ortho intramolecular Hbond substituents is 1. The van der Waals surface area contributed by atoms with E-state index in [1.165, 1.54) is 4.90 Å². The molecule has 5 rings (SSSR count). The van der Waals surface area contributed by atoms with Crippen LogP contribution in [0.3, 0.4) is 0 Å². The van der Waals surface area contributed by atoms with Gasteiger partial charge in [-0.2, -0.15) is 0 Å². The average Bonchev–Trinajstić information content (AvgIpc) is 3.18. The van der Waals surface area contributed by atoms with Crippen LogP contribution < -0.4 is 4.74 Å². The molecule has 2 aliphatic carbocycles. The zero-order chi connectivity index (χ0) is 29.7. The van der Waals surface area contributed by atoms with Gasteiger partial charge >= 0.3 is 6.36 Å². The first-order chi connectivity index (χ1) is 18.4. The highest BCUT2D eigenvalue weighted by Gasteiger charge is 2.76. The summed E-state index contributed by atoms with van der Waals surface area (Å²) in [7, 11) is 0. The highest BCUT2D eigenvalue weighted by Crippen LogP contribution is 2.66. The standard InChI is InChI=1S/C26H24BrCl2F3N2O6/c1-23(2,3)34-19(36)13-6-5-12-15(17(13)20(34)37)9-24(28)21(38)33(10-27)22(39)25(24,29)18(12)14-8-11(4-7-16(14)35)40-26(30,31)32/h4-5,7-8,13,15,17-18,35H,6,9-10H2,1-3H3/t13-,15+,17-,18+,24+,25-/m0/s1. The van der Waals surface area contributed by atoms with Crippen molar-refractivity contribution in [3.63, 3.8) is 0 Å². The van der Waals surface area contributed by atoms with Crippen LogP contribution in [-0.2, 0) is 19.2 Å². The molecule has 4 amide bonds. The number of fused-ring (bicyclic) bond motifs is 4. The van der Waals surface area contributed by atoms with Gasteiger partial charge in [0, 0.05) is 17.0 Å². The van der Waals surface area contributed by atoms with Crippen molar-refractivity contribution in [2.45, 2.75) is 61.2 Å². The molecule has 1 saturated carbocycles. The molecule has 8 nitrogen and oxygen atoms in total. The maximum absolute atomic E-state index is 13.8. The summed E-state index contributed by atoms with van der Waals surface area (Å²) in [5.74, 6) is -7.89. The Bertz CT molecular complexity index is 1380. The summed E-state index contributed by atoms with van der Waals surface area (Å²) in [5, 5.41) is 10.9. The van der Waals surface area contributed by atoms with E-state index in [0.717, 1.165) is 23.1 Å². The van der Waals surface area contributed by atoms with Crippen molar-refractivity contribution in [3.8, 4) is 11.5 Å². The van der Waals surface area contributed by atoms with E-state index in [-0.39, 0.29) is 29.8 Å². The van der Waals surface area contributed by atoms with Crippen molar-refractivity contribution in [2.75, 3.05) is 5.45 Å². The van der Waals surface area contributed by atoms with E-state index in [9.17, 15) is 37.5 Å². The molecule has 0 aromatic heterocycles. The van der Waals surface area contributed by atoms with Gasteiger partial charge in [-0.25, -0.2) is 0 Å². The van der Waals surface area contributed by atoms with Crippen LogP contribution in [0, 0.1) is 17.8 Å². The summed E-state index contributed by atoms with van der Waals surface area (Å²) >= 11 is 17.2. The molecule has 3 fully saturated rings. The average molecular weight is 668 g/mol. The number of rotatable bonds is 3. The Kier molecular flexibility index (Phi) is 6.64. The molecule has 0 spiro atoms. The van der Waals surface area contributed by atoms with E-state index >= 15 is 0 Å². The minimum absolute atomic E-state index is 0.0796. The van der Waals surface area contributed by atoms with Gasteiger partial charge in [-0.15, -0.1) is 36.4 Å². The van der Waals surface area contributed by atoms with Crippen LogP contribution in [0.1, 0.15) is 45.1 Å². The zero-order valence-electron chi connectivity index (χ0n) is 21.4. The molecule has 1 N–H and O–H groups in total. The summed E-state index contributed by atoms with van der Waals surface area (Å²) in [6.07, 6.45) is -3.64. The van der Waals surface area contributed by atoms with Gasteiger partial charge in [0.05, 0.1) is 17.3 Å². The van der Waals surface area contributed by atoms with Gasteiger partial charge in [-0.05, 0) is 57.7 Å². The predicted molar refractivity (Wildman–Crippen MR) is 140 cm³/mol. The van der Waals surface area contributed by atoms with Crippen molar-refractivity contribution in [1.29, 1.82) is 0 Å². The number of halogens is 6. The SMILES string of the molecule is CC(C)(C)N1C(=O)[C@H]2[C@H](CC=C3[C@H]2C[C@@]2(Cl)C(=O)N(CBr)C(=O)[C@@]2(Cl)[C@H]3c2cc(OC(F)(F)F)ccc2O)C1=O. The Balaban J connectivity index is 1.74. The van der Waals surface area contributed by atoms with Crippen molar-refractivity contribution < 1.29 is 42.2 Å². The second-order valence-corrected chi connectivity index (χ2v) is 13.2. The van der Waals surface area contributed by atoms with E-state index in [2.05, 4.69) is 20.7 Å². The molecule has 216 valence electrons. The van der Waals surface area contributed by atoms with Crippen LogP contribution in [-0.4, -0.2) is 65.6 Å². The van der Waals surface area contributed by atoms with E-state index in [0.29, 0.717) is 5.57 Å². The molecule has 1 aromatic rings. The third-order valence-corrected chi connectivity index (χ3v) is 10.1. The smallest absolute Gasteiger partial charge is 0.508 e. The number of hydrogen-bond donors (Lipinski definition) is 1. The lowest BCUT2D eigenvalue weighted by Gasteiger charge is -2.50. The van der Waals surface area contributed by atoms with E-state index < -0.39 is 74.5 Å². The monoisotopic (exact) mass is 666 g/mol. The summed E-state index contributed by atoms with van der Waals surface area (Å²) in [6.45, 7) is 5.13. The molecule has 40 heavy (non-hydrogen) atoms. The number of carbonyl (C=O) groups is 4. The second kappa shape index (κ2) is 9.09. The number of benzene rings is 1. The van der Waals surface area contributed by atoms with Gasteiger partial charge in [-0.3, -0.25) is 29.0 Å². The summed E-state index contributed by atoms with van der Waals surface area (Å²) < 4.78 is 43.3. The quantitative estimate of drug-likeness (QED) is 0.215. The van der Waals surface area contributed by atoms with Crippen LogP contribution in [0.25, 0.3) is 0 Å². The number of nitrogens with zero attached hydrogens (tertiary/aromatic N) is 2. The molecule has 14 heteroatoms. The summed E-state index contributed by atoms with van der Waals surface area (Å²) in [4.78, 5) is 52.0. The Labute approximate surface area is 245 Å². The molecular formula is C26H24BrCl2F3N2O6. The number of aromatic hydroxyl groups is 1. The number of allylic oxidation sites excluding steroid dienone is 2. The number of hydrogen-bond acceptors (Lipinski definition) is 6. The molecular weight excluding hydrogens is 644 g/mol. The van der Waals surface area contributed by atoms with Gasteiger partial charge in [0.1, 0.15) is 11.5 Å². The number of imide groups is 2. The Hall–Kier alpha value is -2.31. The van der Waals surface area contributed by atoms with Gasteiger partial charge in [0.25, 0.3) is 11.8 Å². The first-order valence-corrected chi connectivity index (χ1v) is 14.2. The first kappa shape index (κ1) is 29.2. The summed E-state index contributed by atoms with van der Waals surface area (Å²) in [5.41, 5.74) is -1.02. The summed E-state index contributed by atoms with van der Waals surface area (Å²) in [6, 6.07) is 2.73. The lowest BCUT2D eigenvalue weighted by atomic mass is 9.56. The fourth-order valence-electron chi connectivity index (χ4n) is 6.72. The van der Waals surface area contributed by atoms with Gasteiger partial charge < -0.3 is 9.84 Å². The molecule has 2 heterocycles. The number of carbonyl (C=O) groups excluding carboxylic acids is 4. The Morgan fingerprint density at radius 3 is 2.30 bits per heavy atom. The van der Waals surface area contributed by atoms with Crippen LogP contribution in [0.5, 0.6) is 11.5 Å². The number of alkyl halides is 6. The first-order valence-electron chi connectivity index (χ1n) is 12.3. The fourth-order valence-corrected chi connectivity index (χ4v) is 8.14. The highest BCUT2D eigenvalue weighted by molar-refractivity contribution is 9.09. The largest absolute Gasteiger partial charge is 0.573 e. The van der Waals surface area contributed by atoms with E-state index in [1.807, 2.05) is 0 Å². The third-order valence-electron chi connectivity index (χ3n) is 8.23. The number of phenols is 1. The van der Waals surface area contributed by atoms with Crippen LogP contribution in [0.2, 0.25) is 0 Å². The fraction of sp³-hybridized carbons (Fsp3) is 0.538. The second-order valence-electron chi connectivity index (χ2n) is 11.4. The molecule has 0 unspecified atom stereocenters. The van der Waals surface area contributed by atoms with Crippen molar-refractivity contribution in [3.05, 3.63) is 35.4 Å². The van der Waals surface area contributed by atoms with E-state index in [1.54, 1.807) is 26.8 Å². The predicted octanol–water partition coefficient (Wildman–Crippen LogP) is 4.80. The van der Waals surface area contributed by atoms with Crippen LogP contribution in [0.15, 0.2) is 29.8 Å². The van der Waals surface area contributed by atoms with Crippen LogP contribution >= 0.6 is 39.1 Å². The van der Waals surface area contributed by atoms with Gasteiger partial charge in [0.15, 0.2) is 9.75 Å².